The highest BCUT2D eigenvalue weighted by atomic mass is 19.1. The van der Waals surface area contributed by atoms with E-state index in [9.17, 15) is 4.39 Å². The summed E-state index contributed by atoms with van der Waals surface area (Å²) in [6.07, 6.45) is 1.04. The Balaban J connectivity index is 2.22. The Bertz CT molecular complexity index is 742. The van der Waals surface area contributed by atoms with Crippen LogP contribution in [0.4, 0.5) is 4.39 Å². The quantitative estimate of drug-likeness (QED) is 0.681. The fraction of sp³-hybridized carbons (Fsp3) is 0.235. The predicted octanol–water partition coefficient (Wildman–Crippen LogP) is 4.56. The molecule has 0 saturated carbocycles. The second-order valence-electron chi connectivity index (χ2n) is 5.09. The third-order valence-corrected chi connectivity index (χ3v) is 3.45. The Morgan fingerprint density at radius 1 is 1.10 bits per heavy atom. The van der Waals surface area contributed by atoms with E-state index in [0.717, 1.165) is 35.4 Å². The topological polar surface area (TPSA) is 17.8 Å². The van der Waals surface area contributed by atoms with Crippen LogP contribution in [0.2, 0.25) is 0 Å². The van der Waals surface area contributed by atoms with Crippen LogP contribution in [0, 0.1) is 12.7 Å². The van der Waals surface area contributed by atoms with Gasteiger partial charge in [0.05, 0.1) is 11.0 Å². The fourth-order valence-corrected chi connectivity index (χ4v) is 2.51. The molecule has 3 rings (SSSR count). The molecule has 3 heteroatoms. The highest BCUT2D eigenvalue weighted by Crippen LogP contribution is 2.26. The van der Waals surface area contributed by atoms with Crippen molar-refractivity contribution < 1.29 is 4.39 Å². The number of aryl methyl sites for hydroxylation is 2. The maximum atomic E-state index is 13.1. The number of hydrogen-bond acceptors (Lipinski definition) is 1. The van der Waals surface area contributed by atoms with Crippen molar-refractivity contribution in [3.05, 3.63) is 53.8 Å². The summed E-state index contributed by atoms with van der Waals surface area (Å²) in [7, 11) is 0. The first kappa shape index (κ1) is 12.9. The molecule has 0 spiro atoms. The molecule has 1 heterocycles. The van der Waals surface area contributed by atoms with Crippen molar-refractivity contribution in [2.75, 3.05) is 0 Å². The third kappa shape index (κ3) is 2.20. The molecule has 0 aliphatic heterocycles. The van der Waals surface area contributed by atoms with Gasteiger partial charge in [-0.05, 0) is 55.3 Å². The van der Waals surface area contributed by atoms with Crippen molar-refractivity contribution in [3.63, 3.8) is 0 Å². The lowest BCUT2D eigenvalue weighted by molar-refractivity contribution is 0.628. The number of hydrogen-bond donors (Lipinski definition) is 0. The Morgan fingerprint density at radius 2 is 1.85 bits per heavy atom. The fourth-order valence-electron chi connectivity index (χ4n) is 2.51. The zero-order valence-electron chi connectivity index (χ0n) is 11.7. The molecule has 20 heavy (non-hydrogen) atoms. The molecule has 0 unspecified atom stereocenters. The average molecular weight is 268 g/mol. The molecule has 3 aromatic rings. The van der Waals surface area contributed by atoms with Gasteiger partial charge in [0.15, 0.2) is 0 Å². The van der Waals surface area contributed by atoms with Crippen LogP contribution < -0.4 is 0 Å². The van der Waals surface area contributed by atoms with Crippen molar-refractivity contribution in [2.24, 2.45) is 0 Å². The van der Waals surface area contributed by atoms with Gasteiger partial charge in [-0.1, -0.05) is 13.0 Å². The number of imidazole rings is 1. The first-order valence-corrected chi connectivity index (χ1v) is 6.92. The molecular formula is C17H17FN2. The normalized spacial score (nSPS) is 11.2. The van der Waals surface area contributed by atoms with Gasteiger partial charge in [-0.2, -0.15) is 0 Å². The summed E-state index contributed by atoms with van der Waals surface area (Å²) in [6, 6.07) is 12.8. The highest BCUT2D eigenvalue weighted by Gasteiger charge is 2.12. The summed E-state index contributed by atoms with van der Waals surface area (Å²) >= 11 is 0. The van der Waals surface area contributed by atoms with Gasteiger partial charge in [0.1, 0.15) is 11.6 Å². The number of nitrogens with zero attached hydrogens (tertiary/aromatic N) is 2. The van der Waals surface area contributed by atoms with Crippen molar-refractivity contribution >= 4 is 11.0 Å². The van der Waals surface area contributed by atoms with Gasteiger partial charge < -0.3 is 4.57 Å². The van der Waals surface area contributed by atoms with Gasteiger partial charge in [-0.15, -0.1) is 0 Å². The smallest absolute Gasteiger partial charge is 0.141 e. The summed E-state index contributed by atoms with van der Waals surface area (Å²) in [5.74, 6) is 0.690. The lowest BCUT2D eigenvalue weighted by Crippen LogP contribution is -1.99. The van der Waals surface area contributed by atoms with E-state index >= 15 is 0 Å². The van der Waals surface area contributed by atoms with E-state index in [1.54, 1.807) is 12.1 Å². The van der Waals surface area contributed by atoms with E-state index in [2.05, 4.69) is 36.6 Å². The average Bonchev–Trinajstić information content (AvgIpc) is 2.78. The predicted molar refractivity (Wildman–Crippen MR) is 80.2 cm³/mol. The van der Waals surface area contributed by atoms with Gasteiger partial charge in [-0.3, -0.25) is 0 Å². The van der Waals surface area contributed by atoms with E-state index < -0.39 is 0 Å². The second kappa shape index (κ2) is 5.08. The van der Waals surface area contributed by atoms with Crippen molar-refractivity contribution in [1.82, 2.24) is 9.55 Å². The molecule has 2 nitrogen and oxygen atoms in total. The van der Waals surface area contributed by atoms with Gasteiger partial charge in [0.2, 0.25) is 0 Å². The van der Waals surface area contributed by atoms with Crippen LogP contribution in [-0.2, 0) is 6.54 Å². The molecule has 102 valence electrons. The lowest BCUT2D eigenvalue weighted by atomic mass is 10.2. The summed E-state index contributed by atoms with van der Waals surface area (Å²) in [5.41, 5.74) is 4.28. The molecule has 0 N–H and O–H groups in total. The number of halogens is 1. The molecule has 0 saturated heterocycles. The van der Waals surface area contributed by atoms with E-state index in [1.165, 1.54) is 17.7 Å². The first-order chi connectivity index (χ1) is 9.69. The van der Waals surface area contributed by atoms with Crippen LogP contribution in [0.3, 0.4) is 0 Å². The third-order valence-electron chi connectivity index (χ3n) is 3.45. The van der Waals surface area contributed by atoms with Gasteiger partial charge in [-0.25, -0.2) is 9.37 Å². The largest absolute Gasteiger partial charge is 0.324 e. The number of fused-ring (bicyclic) bond motifs is 1. The minimum absolute atomic E-state index is 0.220. The van der Waals surface area contributed by atoms with Crippen molar-refractivity contribution in [2.45, 2.75) is 26.8 Å². The van der Waals surface area contributed by atoms with Crippen LogP contribution in [0.5, 0.6) is 0 Å². The maximum absolute atomic E-state index is 13.1. The molecule has 0 radical (unpaired) electrons. The van der Waals surface area contributed by atoms with Gasteiger partial charge in [0, 0.05) is 12.1 Å². The Labute approximate surface area is 117 Å². The van der Waals surface area contributed by atoms with Crippen molar-refractivity contribution in [1.29, 1.82) is 0 Å². The van der Waals surface area contributed by atoms with Crippen LogP contribution in [-0.4, -0.2) is 9.55 Å². The van der Waals surface area contributed by atoms with E-state index in [-0.39, 0.29) is 5.82 Å². The molecule has 2 aromatic carbocycles. The maximum Gasteiger partial charge on any atom is 0.141 e. The molecule has 0 atom stereocenters. The molecule has 0 bridgehead atoms. The van der Waals surface area contributed by atoms with E-state index in [4.69, 9.17) is 4.98 Å². The van der Waals surface area contributed by atoms with Crippen LogP contribution in [0.1, 0.15) is 18.9 Å². The van der Waals surface area contributed by atoms with E-state index in [0.29, 0.717) is 0 Å². The summed E-state index contributed by atoms with van der Waals surface area (Å²) in [6.45, 7) is 5.12. The minimum Gasteiger partial charge on any atom is -0.324 e. The SMILES string of the molecule is CCCn1c(-c2ccc(F)cc2)nc2cc(C)ccc21. The lowest BCUT2D eigenvalue weighted by Gasteiger charge is -2.07. The minimum atomic E-state index is -0.220. The monoisotopic (exact) mass is 268 g/mol. The molecule has 0 fully saturated rings. The standard InChI is InChI=1S/C17H17FN2/c1-3-10-20-16-9-4-12(2)11-15(16)19-17(20)13-5-7-14(18)8-6-13/h4-9,11H,3,10H2,1-2H3. The summed E-state index contributed by atoms with van der Waals surface area (Å²) in [5, 5.41) is 0. The Hall–Kier alpha value is -2.16. The van der Waals surface area contributed by atoms with E-state index in [1.807, 2.05) is 0 Å². The number of aromatic nitrogens is 2. The van der Waals surface area contributed by atoms with Crippen LogP contribution >= 0.6 is 0 Å². The number of benzene rings is 2. The molecule has 0 amide bonds. The highest BCUT2D eigenvalue weighted by molar-refractivity contribution is 5.81. The van der Waals surface area contributed by atoms with Crippen molar-refractivity contribution in [3.8, 4) is 11.4 Å². The van der Waals surface area contributed by atoms with Crippen LogP contribution in [0.25, 0.3) is 22.4 Å². The second-order valence-corrected chi connectivity index (χ2v) is 5.09. The summed E-state index contributed by atoms with van der Waals surface area (Å²) in [4.78, 5) is 4.73. The number of rotatable bonds is 3. The molecule has 1 aromatic heterocycles. The van der Waals surface area contributed by atoms with Gasteiger partial charge >= 0.3 is 0 Å². The van der Waals surface area contributed by atoms with Crippen LogP contribution in [0.15, 0.2) is 42.5 Å². The zero-order valence-corrected chi connectivity index (χ0v) is 11.7. The molecule has 0 aliphatic rings. The Morgan fingerprint density at radius 3 is 2.55 bits per heavy atom. The molecule has 0 aliphatic carbocycles. The Kier molecular flexibility index (Phi) is 3.26. The first-order valence-electron chi connectivity index (χ1n) is 6.92. The summed E-state index contributed by atoms with van der Waals surface area (Å²) < 4.78 is 15.3. The van der Waals surface area contributed by atoms with Gasteiger partial charge in [0.25, 0.3) is 0 Å². The zero-order chi connectivity index (χ0) is 14.1. The molecular weight excluding hydrogens is 251 g/mol.